The number of alkyl halides is 2. The molecule has 14 heavy (non-hydrogen) atoms. The lowest BCUT2D eigenvalue weighted by Crippen LogP contribution is -2.26. The lowest BCUT2D eigenvalue weighted by atomic mass is 10.4. The first-order valence-electron chi connectivity index (χ1n) is 4.23. The van der Waals surface area contributed by atoms with Gasteiger partial charge in [0.2, 0.25) is 0 Å². The van der Waals surface area contributed by atoms with E-state index in [1.165, 1.54) is 4.88 Å². The molecule has 0 aliphatic rings. The second-order valence-corrected chi connectivity index (χ2v) is 5.35. The maximum atomic E-state index is 3.47. The number of rotatable bonds is 6. The van der Waals surface area contributed by atoms with Crippen LogP contribution >= 0.6 is 60.2 Å². The van der Waals surface area contributed by atoms with Gasteiger partial charge < -0.3 is 0 Å². The van der Waals surface area contributed by atoms with Gasteiger partial charge in [-0.05, 0) is 11.4 Å². The van der Waals surface area contributed by atoms with Gasteiger partial charge in [-0.2, -0.15) is 0 Å². The highest BCUT2D eigenvalue weighted by Gasteiger charge is 2.04. The molecule has 1 aromatic heterocycles. The van der Waals surface area contributed by atoms with E-state index < -0.39 is 0 Å². The predicted octanol–water partition coefficient (Wildman–Crippen LogP) is 3.92. The molecule has 1 nitrogen and oxygen atoms in total. The van der Waals surface area contributed by atoms with Crippen molar-refractivity contribution in [2.45, 2.75) is 6.54 Å². The SMILES string of the molecule is Br.BrCCN(CCBr)Cc1cccs1. The molecule has 0 aliphatic heterocycles. The van der Waals surface area contributed by atoms with Gasteiger partial charge in [0, 0.05) is 35.2 Å². The van der Waals surface area contributed by atoms with Crippen LogP contribution < -0.4 is 0 Å². The standard InChI is InChI=1S/C9H13Br2NS.BrH/c10-3-5-12(6-4-11)8-9-2-1-7-13-9;/h1-2,7H,3-6,8H2;1H. The molecule has 0 saturated heterocycles. The van der Waals surface area contributed by atoms with Crippen molar-refractivity contribution in [3.05, 3.63) is 22.4 Å². The molecule has 0 unspecified atom stereocenters. The molecule has 0 aliphatic carbocycles. The molecule has 0 fully saturated rings. The van der Waals surface area contributed by atoms with Gasteiger partial charge >= 0.3 is 0 Å². The van der Waals surface area contributed by atoms with E-state index in [1.807, 2.05) is 11.3 Å². The minimum atomic E-state index is 0. The average Bonchev–Trinajstić information content (AvgIpc) is 2.58. The summed E-state index contributed by atoms with van der Waals surface area (Å²) in [6, 6.07) is 4.31. The molecule has 0 aromatic carbocycles. The summed E-state index contributed by atoms with van der Waals surface area (Å²) in [5, 5.41) is 4.23. The number of hydrogen-bond donors (Lipinski definition) is 0. The summed E-state index contributed by atoms with van der Waals surface area (Å²) < 4.78 is 0. The predicted molar refractivity (Wildman–Crippen MR) is 77.5 cm³/mol. The van der Waals surface area contributed by atoms with E-state index in [1.54, 1.807) is 0 Å². The summed E-state index contributed by atoms with van der Waals surface area (Å²) in [6.07, 6.45) is 0. The molecule has 0 saturated carbocycles. The van der Waals surface area contributed by atoms with Gasteiger partial charge in [0.25, 0.3) is 0 Å². The molecule has 0 radical (unpaired) electrons. The summed E-state index contributed by atoms with van der Waals surface area (Å²) in [5.74, 6) is 0. The van der Waals surface area contributed by atoms with E-state index in [0.29, 0.717) is 0 Å². The normalized spacial score (nSPS) is 10.2. The van der Waals surface area contributed by atoms with E-state index in [2.05, 4.69) is 54.3 Å². The minimum absolute atomic E-state index is 0. The van der Waals surface area contributed by atoms with Crippen LogP contribution in [0.4, 0.5) is 0 Å². The molecule has 0 spiro atoms. The van der Waals surface area contributed by atoms with Gasteiger partial charge in [0.15, 0.2) is 0 Å². The minimum Gasteiger partial charge on any atom is -0.297 e. The first-order chi connectivity index (χ1) is 6.36. The van der Waals surface area contributed by atoms with Gasteiger partial charge in [0.1, 0.15) is 0 Å². The molecule has 0 amide bonds. The monoisotopic (exact) mass is 405 g/mol. The Morgan fingerprint density at radius 2 is 1.86 bits per heavy atom. The first-order valence-corrected chi connectivity index (χ1v) is 7.35. The number of hydrogen-bond acceptors (Lipinski definition) is 2. The Morgan fingerprint density at radius 1 is 1.21 bits per heavy atom. The highest BCUT2D eigenvalue weighted by molar-refractivity contribution is 9.09. The van der Waals surface area contributed by atoms with Gasteiger partial charge in [-0.15, -0.1) is 28.3 Å². The third kappa shape index (κ3) is 5.85. The quantitative estimate of drug-likeness (QED) is 0.646. The first kappa shape index (κ1) is 15.1. The molecule has 0 bridgehead atoms. The van der Waals surface area contributed by atoms with E-state index in [4.69, 9.17) is 0 Å². The van der Waals surface area contributed by atoms with Crippen LogP contribution in [0.25, 0.3) is 0 Å². The Hall–Kier alpha value is 1.10. The lowest BCUT2D eigenvalue weighted by Gasteiger charge is -2.18. The average molecular weight is 408 g/mol. The molecular weight excluding hydrogens is 394 g/mol. The van der Waals surface area contributed by atoms with Crippen LogP contribution in [-0.4, -0.2) is 28.6 Å². The largest absolute Gasteiger partial charge is 0.297 e. The maximum Gasteiger partial charge on any atom is 0.0328 e. The van der Waals surface area contributed by atoms with E-state index in [0.717, 1.165) is 30.3 Å². The zero-order valence-corrected chi connectivity index (χ0v) is 13.5. The third-order valence-corrected chi connectivity index (χ3v) is 3.33. The maximum absolute atomic E-state index is 3.47. The Balaban J connectivity index is 0.00000169. The zero-order chi connectivity index (χ0) is 9.52. The summed E-state index contributed by atoms with van der Waals surface area (Å²) >= 11 is 8.77. The van der Waals surface area contributed by atoms with Crippen LogP contribution in [0.2, 0.25) is 0 Å². The fourth-order valence-corrected chi connectivity index (χ4v) is 2.88. The summed E-state index contributed by atoms with van der Waals surface area (Å²) in [4.78, 5) is 3.89. The van der Waals surface area contributed by atoms with Crippen LogP contribution in [-0.2, 0) is 6.54 Å². The lowest BCUT2D eigenvalue weighted by molar-refractivity contribution is 0.305. The Bertz CT molecular complexity index is 210. The topological polar surface area (TPSA) is 3.24 Å². The van der Waals surface area contributed by atoms with Crippen LogP contribution in [0.5, 0.6) is 0 Å². The van der Waals surface area contributed by atoms with Crippen molar-refractivity contribution in [2.75, 3.05) is 23.7 Å². The third-order valence-electron chi connectivity index (χ3n) is 1.76. The Morgan fingerprint density at radius 3 is 2.29 bits per heavy atom. The molecule has 0 N–H and O–H groups in total. The van der Waals surface area contributed by atoms with Crippen molar-refractivity contribution in [3.8, 4) is 0 Å². The zero-order valence-electron chi connectivity index (χ0n) is 7.79. The van der Waals surface area contributed by atoms with E-state index in [9.17, 15) is 0 Å². The van der Waals surface area contributed by atoms with Crippen LogP contribution in [0, 0.1) is 0 Å². The highest BCUT2D eigenvalue weighted by Crippen LogP contribution is 2.11. The van der Waals surface area contributed by atoms with Gasteiger partial charge in [-0.25, -0.2) is 0 Å². The highest BCUT2D eigenvalue weighted by atomic mass is 79.9. The number of nitrogens with zero attached hydrogens (tertiary/aromatic N) is 1. The number of thiophene rings is 1. The Kier molecular flexibility index (Phi) is 10.1. The summed E-state index contributed by atoms with van der Waals surface area (Å²) in [6.45, 7) is 3.31. The van der Waals surface area contributed by atoms with Gasteiger partial charge in [-0.3, -0.25) is 4.90 Å². The van der Waals surface area contributed by atoms with E-state index >= 15 is 0 Å². The fraction of sp³-hybridized carbons (Fsp3) is 0.556. The van der Waals surface area contributed by atoms with Crippen molar-refractivity contribution in [3.63, 3.8) is 0 Å². The van der Waals surface area contributed by atoms with Crippen LogP contribution in [0.15, 0.2) is 17.5 Å². The van der Waals surface area contributed by atoms with Crippen molar-refractivity contribution in [1.82, 2.24) is 4.90 Å². The van der Waals surface area contributed by atoms with Crippen molar-refractivity contribution in [2.24, 2.45) is 0 Å². The second kappa shape index (κ2) is 9.33. The van der Waals surface area contributed by atoms with Crippen molar-refractivity contribution < 1.29 is 0 Å². The molecule has 0 atom stereocenters. The molecule has 1 heterocycles. The number of halogens is 3. The molecule has 1 rings (SSSR count). The Labute approximate surface area is 117 Å². The van der Waals surface area contributed by atoms with E-state index in [-0.39, 0.29) is 17.0 Å². The van der Waals surface area contributed by atoms with Gasteiger partial charge in [0.05, 0.1) is 0 Å². The summed E-state index contributed by atoms with van der Waals surface area (Å²) in [7, 11) is 0. The van der Waals surface area contributed by atoms with Crippen molar-refractivity contribution >= 4 is 60.2 Å². The summed E-state index contributed by atoms with van der Waals surface area (Å²) in [5.41, 5.74) is 0. The van der Waals surface area contributed by atoms with Crippen LogP contribution in [0.1, 0.15) is 4.88 Å². The van der Waals surface area contributed by atoms with Crippen molar-refractivity contribution in [1.29, 1.82) is 0 Å². The molecule has 5 heteroatoms. The molecular formula is C9H14Br3NS. The van der Waals surface area contributed by atoms with Gasteiger partial charge in [-0.1, -0.05) is 37.9 Å². The molecule has 1 aromatic rings. The fourth-order valence-electron chi connectivity index (χ4n) is 1.13. The molecule has 82 valence electrons. The smallest absolute Gasteiger partial charge is 0.0328 e. The second-order valence-electron chi connectivity index (χ2n) is 2.73. The van der Waals surface area contributed by atoms with Crippen LogP contribution in [0.3, 0.4) is 0 Å².